The maximum Gasteiger partial charge on any atom is 0.124 e. The first-order valence-corrected chi connectivity index (χ1v) is 7.23. The molecule has 20 heavy (non-hydrogen) atoms. The van der Waals surface area contributed by atoms with Crippen LogP contribution in [0.4, 0.5) is 5.69 Å². The van der Waals surface area contributed by atoms with Gasteiger partial charge in [0.1, 0.15) is 18.4 Å². The van der Waals surface area contributed by atoms with Gasteiger partial charge in [0, 0.05) is 16.6 Å². The molecule has 100 valence electrons. The Morgan fingerprint density at radius 3 is 2.85 bits per heavy atom. The number of hydrogen-bond acceptors (Lipinski definition) is 3. The topological polar surface area (TPSA) is 36.3 Å². The smallest absolute Gasteiger partial charge is 0.124 e. The molecule has 1 aliphatic rings. The van der Waals surface area contributed by atoms with Gasteiger partial charge in [0.2, 0.25) is 0 Å². The van der Waals surface area contributed by atoms with Crippen LogP contribution in [0.5, 0.6) is 5.75 Å². The van der Waals surface area contributed by atoms with Gasteiger partial charge >= 0.3 is 0 Å². The lowest BCUT2D eigenvalue weighted by Gasteiger charge is -2.23. The number of hydrogen-bond donors (Lipinski definition) is 0. The van der Waals surface area contributed by atoms with E-state index in [9.17, 15) is 5.26 Å². The molecule has 0 aliphatic carbocycles. The van der Waals surface area contributed by atoms with Gasteiger partial charge in [0.15, 0.2) is 0 Å². The highest BCUT2D eigenvalue weighted by Gasteiger charge is 2.18. The van der Waals surface area contributed by atoms with Crippen LogP contribution in [0, 0.1) is 11.3 Å². The summed E-state index contributed by atoms with van der Waals surface area (Å²) >= 11 is 3.44. The van der Waals surface area contributed by atoms with E-state index in [-0.39, 0.29) is 0 Å². The molecule has 0 amide bonds. The van der Waals surface area contributed by atoms with Gasteiger partial charge in [-0.25, -0.2) is 0 Å². The molecule has 4 heteroatoms. The van der Waals surface area contributed by atoms with E-state index in [4.69, 9.17) is 4.74 Å². The third kappa shape index (κ3) is 2.37. The molecule has 0 aromatic heterocycles. The van der Waals surface area contributed by atoms with Gasteiger partial charge in [-0.2, -0.15) is 5.26 Å². The molecule has 0 N–H and O–H groups in total. The Hall–Kier alpha value is -1.99. The second-order valence-electron chi connectivity index (χ2n) is 4.62. The van der Waals surface area contributed by atoms with Crippen LogP contribution < -0.4 is 9.64 Å². The van der Waals surface area contributed by atoms with Crippen LogP contribution in [0.1, 0.15) is 11.1 Å². The summed E-state index contributed by atoms with van der Waals surface area (Å²) in [5.74, 6) is 0.934. The molecule has 0 bridgehead atoms. The minimum absolute atomic E-state index is 0.619. The molecule has 0 spiro atoms. The van der Waals surface area contributed by atoms with Crippen molar-refractivity contribution in [3.63, 3.8) is 0 Å². The Labute approximate surface area is 126 Å². The molecular weight excluding hydrogens is 316 g/mol. The SMILES string of the molecule is N#Cc1c(Br)cccc1N1CCOc2ccccc2C1. The summed E-state index contributed by atoms with van der Waals surface area (Å²) in [5, 5.41) is 9.36. The zero-order valence-electron chi connectivity index (χ0n) is 10.8. The lowest BCUT2D eigenvalue weighted by molar-refractivity contribution is 0.331. The van der Waals surface area contributed by atoms with Crippen molar-refractivity contribution in [1.29, 1.82) is 5.26 Å². The fraction of sp³-hybridized carbons (Fsp3) is 0.188. The highest BCUT2D eigenvalue weighted by molar-refractivity contribution is 9.10. The molecule has 0 atom stereocenters. The van der Waals surface area contributed by atoms with Crippen LogP contribution in [0.3, 0.4) is 0 Å². The maximum atomic E-state index is 9.36. The third-order valence-corrected chi connectivity index (χ3v) is 4.06. The summed E-state index contributed by atoms with van der Waals surface area (Å²) in [4.78, 5) is 2.19. The van der Waals surface area contributed by atoms with Crippen LogP contribution in [-0.2, 0) is 6.54 Å². The van der Waals surface area contributed by atoms with E-state index in [1.54, 1.807) is 0 Å². The summed E-state index contributed by atoms with van der Waals surface area (Å²) in [5.41, 5.74) is 2.77. The second-order valence-corrected chi connectivity index (χ2v) is 5.48. The van der Waals surface area contributed by atoms with Crippen molar-refractivity contribution in [3.05, 3.63) is 58.1 Å². The van der Waals surface area contributed by atoms with Crippen molar-refractivity contribution >= 4 is 21.6 Å². The van der Waals surface area contributed by atoms with Gasteiger partial charge in [-0.15, -0.1) is 0 Å². The average molecular weight is 329 g/mol. The zero-order chi connectivity index (χ0) is 13.9. The molecule has 0 fully saturated rings. The van der Waals surface area contributed by atoms with Crippen molar-refractivity contribution in [2.75, 3.05) is 18.1 Å². The van der Waals surface area contributed by atoms with Gasteiger partial charge in [-0.1, -0.05) is 24.3 Å². The number of benzene rings is 2. The van der Waals surface area contributed by atoms with Crippen molar-refractivity contribution < 1.29 is 4.74 Å². The molecule has 2 aromatic carbocycles. The van der Waals surface area contributed by atoms with Crippen molar-refractivity contribution in [2.24, 2.45) is 0 Å². The van der Waals surface area contributed by atoms with E-state index in [2.05, 4.69) is 33.0 Å². The predicted molar refractivity (Wildman–Crippen MR) is 81.8 cm³/mol. The first-order valence-electron chi connectivity index (χ1n) is 6.44. The van der Waals surface area contributed by atoms with E-state index in [0.717, 1.165) is 34.6 Å². The maximum absolute atomic E-state index is 9.36. The monoisotopic (exact) mass is 328 g/mol. The Bertz CT molecular complexity index is 678. The highest BCUT2D eigenvalue weighted by atomic mass is 79.9. The predicted octanol–water partition coefficient (Wildman–Crippen LogP) is 3.72. The number of ether oxygens (including phenoxy) is 1. The number of fused-ring (bicyclic) bond motifs is 1. The minimum atomic E-state index is 0.619. The fourth-order valence-electron chi connectivity index (χ4n) is 2.42. The standard InChI is InChI=1S/C16H13BrN2O/c17-14-5-3-6-15(13(14)10-18)19-8-9-20-16-7-2-1-4-12(16)11-19/h1-7H,8-9,11H2. The van der Waals surface area contributed by atoms with Gasteiger partial charge in [-0.05, 0) is 34.1 Å². The van der Waals surface area contributed by atoms with Crippen molar-refractivity contribution in [1.82, 2.24) is 0 Å². The van der Waals surface area contributed by atoms with Crippen molar-refractivity contribution in [2.45, 2.75) is 6.54 Å². The first kappa shape index (κ1) is 13.0. The number of nitriles is 1. The Morgan fingerprint density at radius 2 is 2.00 bits per heavy atom. The van der Waals surface area contributed by atoms with E-state index >= 15 is 0 Å². The fourth-order valence-corrected chi connectivity index (χ4v) is 2.86. The van der Waals surface area contributed by atoms with Crippen molar-refractivity contribution in [3.8, 4) is 11.8 Å². The van der Waals surface area contributed by atoms with Crippen LogP contribution in [0.2, 0.25) is 0 Å². The molecule has 0 unspecified atom stereocenters. The summed E-state index contributed by atoms with van der Waals surface area (Å²) < 4.78 is 6.60. The van der Waals surface area contributed by atoms with Gasteiger partial charge in [0.25, 0.3) is 0 Å². The first-order chi connectivity index (χ1) is 9.79. The lowest BCUT2D eigenvalue weighted by atomic mass is 10.1. The number of para-hydroxylation sites is 1. The van der Waals surface area contributed by atoms with E-state index < -0.39 is 0 Å². The van der Waals surface area contributed by atoms with E-state index in [1.165, 1.54) is 0 Å². The molecule has 3 rings (SSSR count). The molecule has 0 radical (unpaired) electrons. The van der Waals surface area contributed by atoms with Crippen LogP contribution in [0.15, 0.2) is 46.9 Å². The summed E-state index contributed by atoms with van der Waals surface area (Å²) in [6.45, 7) is 2.13. The van der Waals surface area contributed by atoms with Crippen LogP contribution >= 0.6 is 15.9 Å². The number of halogens is 1. The van der Waals surface area contributed by atoms with Gasteiger partial charge in [0.05, 0.1) is 17.8 Å². The van der Waals surface area contributed by atoms with E-state index in [0.29, 0.717) is 12.2 Å². The van der Waals surface area contributed by atoms with Crippen LogP contribution in [-0.4, -0.2) is 13.2 Å². The zero-order valence-corrected chi connectivity index (χ0v) is 12.4. The number of nitrogens with zero attached hydrogens (tertiary/aromatic N) is 2. The summed E-state index contributed by atoms with van der Waals surface area (Å²) in [6, 6.07) is 16.2. The molecule has 1 aliphatic heterocycles. The Balaban J connectivity index is 2.00. The van der Waals surface area contributed by atoms with E-state index in [1.807, 2.05) is 36.4 Å². The summed E-state index contributed by atoms with van der Waals surface area (Å²) in [7, 11) is 0. The molecule has 0 saturated carbocycles. The summed E-state index contributed by atoms with van der Waals surface area (Å²) in [6.07, 6.45) is 0. The normalized spacial score (nSPS) is 13.9. The highest BCUT2D eigenvalue weighted by Crippen LogP contribution is 2.31. The molecule has 0 saturated heterocycles. The Kier molecular flexibility index (Phi) is 3.62. The molecular formula is C16H13BrN2O. The molecule has 1 heterocycles. The quantitative estimate of drug-likeness (QED) is 0.800. The van der Waals surface area contributed by atoms with Gasteiger partial charge < -0.3 is 9.64 Å². The third-order valence-electron chi connectivity index (χ3n) is 3.40. The molecule has 3 nitrogen and oxygen atoms in total. The Morgan fingerprint density at radius 1 is 1.15 bits per heavy atom. The number of rotatable bonds is 1. The minimum Gasteiger partial charge on any atom is -0.491 e. The largest absolute Gasteiger partial charge is 0.491 e. The second kappa shape index (κ2) is 5.56. The average Bonchev–Trinajstić information content (AvgIpc) is 2.69. The molecule has 2 aromatic rings. The van der Waals surface area contributed by atoms with Crippen LogP contribution in [0.25, 0.3) is 0 Å². The lowest BCUT2D eigenvalue weighted by Crippen LogP contribution is -2.26. The number of anilines is 1. The van der Waals surface area contributed by atoms with Gasteiger partial charge in [-0.3, -0.25) is 0 Å².